The molecular formula is C22H24ClN5O2. The van der Waals surface area contributed by atoms with E-state index in [1.165, 1.54) is 0 Å². The first-order chi connectivity index (χ1) is 14.7. The Labute approximate surface area is 180 Å². The molecule has 30 heavy (non-hydrogen) atoms. The number of nitrogens with one attached hydrogen (secondary N) is 2. The fourth-order valence-electron chi connectivity index (χ4n) is 3.67. The number of carbonyl (C=O) groups excluding carboxylic acids is 1. The third-order valence-corrected chi connectivity index (χ3v) is 5.31. The normalized spacial score (nSPS) is 16.5. The zero-order chi connectivity index (χ0) is 20.8. The molecule has 2 aromatic heterocycles. The largest absolute Gasteiger partial charge is 0.493 e. The van der Waals surface area contributed by atoms with Crippen LogP contribution in [-0.2, 0) is 11.2 Å². The molecule has 1 aliphatic rings. The number of nitrogens with zero attached hydrogens (tertiary/aromatic N) is 3. The minimum atomic E-state index is -0.0636. The number of halogens is 1. The summed E-state index contributed by atoms with van der Waals surface area (Å²) in [5, 5.41) is 11.1. The number of H-pyrrole nitrogens is 1. The van der Waals surface area contributed by atoms with E-state index in [2.05, 4.69) is 31.5 Å². The van der Waals surface area contributed by atoms with Gasteiger partial charge in [0.1, 0.15) is 11.6 Å². The van der Waals surface area contributed by atoms with Gasteiger partial charge in [0.05, 0.1) is 24.9 Å². The molecule has 1 saturated heterocycles. The monoisotopic (exact) mass is 425 g/mol. The standard InChI is InChI=1S/C22H24ClN5O2/c23-16-5-3-6-18(13-16)30-12-9-17-14-19(27-26-17)20-7-4-11-28(20)15-22(29)25-21-8-1-2-10-24-21/h1-3,5-6,8,10,13-14,20H,4,7,9,11-12,15H2,(H,26,27)(H,24,25,29). The Morgan fingerprint density at radius 1 is 1.27 bits per heavy atom. The van der Waals surface area contributed by atoms with E-state index < -0.39 is 0 Å². The van der Waals surface area contributed by atoms with Crippen molar-refractivity contribution in [1.29, 1.82) is 0 Å². The van der Waals surface area contributed by atoms with Crippen LogP contribution in [0.3, 0.4) is 0 Å². The number of hydrogen-bond acceptors (Lipinski definition) is 5. The third kappa shape index (κ3) is 5.37. The molecule has 156 valence electrons. The average molecular weight is 426 g/mol. The number of benzene rings is 1. The van der Waals surface area contributed by atoms with Crippen molar-refractivity contribution in [3.8, 4) is 5.75 Å². The van der Waals surface area contributed by atoms with E-state index in [4.69, 9.17) is 16.3 Å². The fourth-order valence-corrected chi connectivity index (χ4v) is 3.85. The maximum absolute atomic E-state index is 12.4. The number of amides is 1. The molecular weight excluding hydrogens is 402 g/mol. The molecule has 4 rings (SSSR count). The van der Waals surface area contributed by atoms with E-state index in [1.807, 2.05) is 30.3 Å². The molecule has 1 aromatic carbocycles. The summed E-state index contributed by atoms with van der Waals surface area (Å²) in [5.74, 6) is 1.26. The molecule has 1 fully saturated rings. The maximum Gasteiger partial charge on any atom is 0.239 e. The highest BCUT2D eigenvalue weighted by atomic mass is 35.5. The molecule has 1 unspecified atom stereocenters. The topological polar surface area (TPSA) is 83.1 Å². The highest BCUT2D eigenvalue weighted by molar-refractivity contribution is 6.30. The molecule has 0 radical (unpaired) electrons. The molecule has 0 saturated carbocycles. The summed E-state index contributed by atoms with van der Waals surface area (Å²) in [6.45, 7) is 1.73. The lowest BCUT2D eigenvalue weighted by atomic mass is 10.1. The van der Waals surface area contributed by atoms with E-state index in [0.29, 0.717) is 30.4 Å². The van der Waals surface area contributed by atoms with Crippen molar-refractivity contribution in [3.63, 3.8) is 0 Å². The Morgan fingerprint density at radius 3 is 3.03 bits per heavy atom. The summed E-state index contributed by atoms with van der Waals surface area (Å²) in [6.07, 6.45) is 4.41. The van der Waals surface area contributed by atoms with Gasteiger partial charge in [-0.15, -0.1) is 0 Å². The third-order valence-electron chi connectivity index (χ3n) is 5.07. The number of anilines is 1. The van der Waals surface area contributed by atoms with E-state index in [-0.39, 0.29) is 11.9 Å². The summed E-state index contributed by atoms with van der Waals surface area (Å²) in [6, 6.07) is 15.0. The van der Waals surface area contributed by atoms with E-state index in [0.717, 1.165) is 36.5 Å². The van der Waals surface area contributed by atoms with Crippen LogP contribution >= 0.6 is 11.6 Å². The molecule has 1 amide bonds. The Hall–Kier alpha value is -2.90. The lowest BCUT2D eigenvalue weighted by molar-refractivity contribution is -0.117. The highest BCUT2D eigenvalue weighted by Gasteiger charge is 2.29. The highest BCUT2D eigenvalue weighted by Crippen LogP contribution is 2.30. The summed E-state index contributed by atoms with van der Waals surface area (Å²) >= 11 is 5.98. The van der Waals surface area contributed by atoms with Crippen LogP contribution in [0.15, 0.2) is 54.7 Å². The first-order valence-corrected chi connectivity index (χ1v) is 10.4. The summed E-state index contributed by atoms with van der Waals surface area (Å²) < 4.78 is 5.75. The van der Waals surface area contributed by atoms with Gasteiger partial charge >= 0.3 is 0 Å². The van der Waals surface area contributed by atoms with E-state index in [1.54, 1.807) is 18.3 Å². The van der Waals surface area contributed by atoms with Gasteiger partial charge in [-0.3, -0.25) is 14.8 Å². The Morgan fingerprint density at radius 2 is 2.20 bits per heavy atom. The van der Waals surface area contributed by atoms with Gasteiger partial charge < -0.3 is 10.1 Å². The molecule has 3 aromatic rings. The number of hydrogen-bond donors (Lipinski definition) is 2. The zero-order valence-corrected chi connectivity index (χ0v) is 17.3. The predicted molar refractivity (Wildman–Crippen MR) is 116 cm³/mol. The second kappa shape index (κ2) is 9.73. The molecule has 0 aliphatic carbocycles. The smallest absolute Gasteiger partial charge is 0.239 e. The number of aromatic nitrogens is 3. The van der Waals surface area contributed by atoms with Gasteiger partial charge in [0.2, 0.25) is 5.91 Å². The van der Waals surface area contributed by atoms with Gasteiger partial charge in [0, 0.05) is 23.3 Å². The van der Waals surface area contributed by atoms with Crippen molar-refractivity contribution >= 4 is 23.3 Å². The number of rotatable bonds is 8. The van der Waals surface area contributed by atoms with Crippen molar-refractivity contribution in [2.45, 2.75) is 25.3 Å². The van der Waals surface area contributed by atoms with Crippen LogP contribution in [-0.4, -0.2) is 45.7 Å². The molecule has 7 nitrogen and oxygen atoms in total. The van der Waals surface area contributed by atoms with Crippen LogP contribution in [0.1, 0.15) is 30.3 Å². The molecule has 1 aliphatic heterocycles. The van der Waals surface area contributed by atoms with Crippen molar-refractivity contribution in [2.24, 2.45) is 0 Å². The predicted octanol–water partition coefficient (Wildman–Crippen LogP) is 3.86. The van der Waals surface area contributed by atoms with Crippen LogP contribution in [0, 0.1) is 0 Å². The van der Waals surface area contributed by atoms with Crippen molar-refractivity contribution < 1.29 is 9.53 Å². The van der Waals surface area contributed by atoms with Crippen molar-refractivity contribution in [3.05, 3.63) is 71.1 Å². The number of carbonyl (C=O) groups is 1. The second-order valence-corrected chi connectivity index (χ2v) is 7.70. The van der Waals surface area contributed by atoms with Crippen LogP contribution < -0.4 is 10.1 Å². The molecule has 0 bridgehead atoms. The quantitative estimate of drug-likeness (QED) is 0.572. The second-order valence-electron chi connectivity index (χ2n) is 7.27. The maximum atomic E-state index is 12.4. The number of aromatic amines is 1. The lowest BCUT2D eigenvalue weighted by Gasteiger charge is -2.22. The summed E-state index contributed by atoms with van der Waals surface area (Å²) in [7, 11) is 0. The van der Waals surface area contributed by atoms with Crippen LogP contribution in [0.2, 0.25) is 5.02 Å². The van der Waals surface area contributed by atoms with Gasteiger partial charge in [-0.2, -0.15) is 5.10 Å². The average Bonchev–Trinajstić information content (AvgIpc) is 3.38. The fraction of sp³-hybridized carbons (Fsp3) is 0.318. The summed E-state index contributed by atoms with van der Waals surface area (Å²) in [5.41, 5.74) is 1.98. The Bertz CT molecular complexity index is 978. The van der Waals surface area contributed by atoms with Gasteiger partial charge in [0.25, 0.3) is 0 Å². The molecule has 0 spiro atoms. The molecule has 2 N–H and O–H groups in total. The molecule has 1 atom stereocenters. The Balaban J connectivity index is 1.30. The Kier molecular flexibility index (Phi) is 6.61. The zero-order valence-electron chi connectivity index (χ0n) is 16.6. The molecule has 8 heteroatoms. The van der Waals surface area contributed by atoms with E-state index in [9.17, 15) is 4.79 Å². The first-order valence-electron chi connectivity index (χ1n) is 10.0. The van der Waals surface area contributed by atoms with Crippen molar-refractivity contribution in [1.82, 2.24) is 20.1 Å². The van der Waals surface area contributed by atoms with Gasteiger partial charge in [-0.1, -0.05) is 23.7 Å². The lowest BCUT2D eigenvalue weighted by Crippen LogP contribution is -2.33. The minimum Gasteiger partial charge on any atom is -0.493 e. The number of pyridine rings is 1. The number of ether oxygens (including phenoxy) is 1. The van der Waals surface area contributed by atoms with E-state index >= 15 is 0 Å². The van der Waals surface area contributed by atoms with Gasteiger partial charge in [-0.05, 0) is 55.8 Å². The summed E-state index contributed by atoms with van der Waals surface area (Å²) in [4.78, 5) is 18.7. The van der Waals surface area contributed by atoms with Crippen LogP contribution in [0.25, 0.3) is 0 Å². The minimum absolute atomic E-state index is 0.0636. The SMILES string of the molecule is O=C(CN1CCCC1c1cc(CCOc2cccc(Cl)c2)[nH]n1)Nc1ccccn1. The number of likely N-dealkylation sites (tertiary alicyclic amines) is 1. The van der Waals surface area contributed by atoms with Crippen LogP contribution in [0.4, 0.5) is 5.82 Å². The van der Waals surface area contributed by atoms with Crippen LogP contribution in [0.5, 0.6) is 5.75 Å². The molecule has 3 heterocycles. The van der Waals surface area contributed by atoms with Gasteiger partial charge in [0.15, 0.2) is 0 Å². The van der Waals surface area contributed by atoms with Gasteiger partial charge in [-0.25, -0.2) is 4.98 Å². The first kappa shape index (κ1) is 20.4. The van der Waals surface area contributed by atoms with Crippen molar-refractivity contribution in [2.75, 3.05) is 25.0 Å².